The summed E-state index contributed by atoms with van der Waals surface area (Å²) in [6, 6.07) is 11.0. The van der Waals surface area contributed by atoms with Crippen LogP contribution in [0.4, 0.5) is 0 Å². The van der Waals surface area contributed by atoms with E-state index in [2.05, 4.69) is 10.4 Å². The first-order valence-electron chi connectivity index (χ1n) is 6.53. The van der Waals surface area contributed by atoms with Gasteiger partial charge in [0, 0.05) is 12.7 Å². The molecule has 0 aliphatic carbocycles. The fourth-order valence-electron chi connectivity index (χ4n) is 1.64. The van der Waals surface area contributed by atoms with Crippen molar-refractivity contribution in [3.63, 3.8) is 0 Å². The molecule has 0 saturated heterocycles. The van der Waals surface area contributed by atoms with Crippen LogP contribution in [0.2, 0.25) is 0 Å². The lowest BCUT2D eigenvalue weighted by Gasteiger charge is -2.18. The number of carbonyl (C=O) groups excluding carboxylic acids is 1. The summed E-state index contributed by atoms with van der Waals surface area (Å²) in [6.45, 7) is 3.15. The Labute approximate surface area is 122 Å². The van der Waals surface area contributed by atoms with Gasteiger partial charge in [-0.05, 0) is 32.0 Å². The Bertz CT molecular complexity index is 647. The van der Waals surface area contributed by atoms with E-state index in [-0.39, 0.29) is 18.1 Å². The molecule has 1 aromatic heterocycles. The number of hydrogen-bond donors (Lipinski definition) is 2. The normalized spacial score (nSPS) is 11.1. The molecular weight excluding hydrogens is 270 g/mol. The zero-order valence-corrected chi connectivity index (χ0v) is 11.9. The molecule has 21 heavy (non-hydrogen) atoms. The average molecular weight is 287 g/mol. The van der Waals surface area contributed by atoms with Crippen LogP contribution in [0.5, 0.6) is 0 Å². The number of aromatic nitrogens is 2. The van der Waals surface area contributed by atoms with E-state index in [4.69, 9.17) is 5.11 Å². The predicted molar refractivity (Wildman–Crippen MR) is 77.3 cm³/mol. The molecule has 1 aromatic carbocycles. The zero-order chi connectivity index (χ0) is 15.5. The number of hydrogen-bond acceptors (Lipinski definition) is 3. The maximum Gasteiger partial charge on any atom is 0.310 e. The Morgan fingerprint density at radius 2 is 1.90 bits per heavy atom. The molecule has 0 unspecified atom stereocenters. The van der Waals surface area contributed by atoms with Crippen LogP contribution in [0, 0.1) is 5.41 Å². The molecule has 0 radical (unpaired) electrons. The van der Waals surface area contributed by atoms with E-state index in [0.29, 0.717) is 0 Å². The van der Waals surface area contributed by atoms with Crippen LogP contribution >= 0.6 is 0 Å². The summed E-state index contributed by atoms with van der Waals surface area (Å²) in [5.41, 5.74) is 0.0833. The van der Waals surface area contributed by atoms with E-state index in [1.54, 1.807) is 30.8 Å². The third kappa shape index (κ3) is 3.47. The Kier molecular flexibility index (Phi) is 4.07. The first-order chi connectivity index (χ1) is 9.90. The second-order valence-electron chi connectivity index (χ2n) is 5.35. The fourth-order valence-corrected chi connectivity index (χ4v) is 1.64. The molecule has 0 bridgehead atoms. The molecule has 0 aliphatic heterocycles. The summed E-state index contributed by atoms with van der Waals surface area (Å²) >= 11 is 0. The Morgan fingerprint density at radius 1 is 1.24 bits per heavy atom. The van der Waals surface area contributed by atoms with Gasteiger partial charge in [0.2, 0.25) is 0 Å². The molecule has 2 aromatic rings. The van der Waals surface area contributed by atoms with Crippen molar-refractivity contribution < 1.29 is 14.7 Å². The quantitative estimate of drug-likeness (QED) is 0.877. The van der Waals surface area contributed by atoms with Crippen LogP contribution in [-0.4, -0.2) is 33.3 Å². The van der Waals surface area contributed by atoms with Gasteiger partial charge in [-0.25, -0.2) is 4.68 Å². The number of rotatable bonds is 5. The Morgan fingerprint density at radius 3 is 2.52 bits per heavy atom. The van der Waals surface area contributed by atoms with E-state index in [9.17, 15) is 9.59 Å². The average Bonchev–Trinajstić information content (AvgIpc) is 2.95. The maximum absolute atomic E-state index is 12.0. The van der Waals surface area contributed by atoms with Gasteiger partial charge in [0.25, 0.3) is 5.91 Å². The molecule has 0 spiro atoms. The highest BCUT2D eigenvalue weighted by Gasteiger charge is 2.28. The molecule has 0 fully saturated rings. The number of nitrogens with one attached hydrogen (secondary N) is 1. The maximum atomic E-state index is 12.0. The Balaban J connectivity index is 2.05. The highest BCUT2D eigenvalue weighted by Crippen LogP contribution is 2.13. The lowest BCUT2D eigenvalue weighted by Crippen LogP contribution is -2.39. The minimum Gasteiger partial charge on any atom is -0.481 e. The van der Waals surface area contributed by atoms with Crippen molar-refractivity contribution in [3.05, 3.63) is 48.3 Å². The highest BCUT2D eigenvalue weighted by atomic mass is 16.4. The van der Waals surface area contributed by atoms with Crippen molar-refractivity contribution in [2.24, 2.45) is 5.41 Å². The standard InChI is InChI=1S/C15H17N3O3/c1-15(2,14(20)21)10-16-13(19)12-8-9-18(17-12)11-6-4-3-5-7-11/h3-9H,10H2,1-2H3,(H,16,19)(H,20,21). The summed E-state index contributed by atoms with van der Waals surface area (Å²) in [6.07, 6.45) is 1.69. The van der Waals surface area contributed by atoms with Crippen LogP contribution in [0.15, 0.2) is 42.6 Å². The van der Waals surface area contributed by atoms with Gasteiger partial charge in [-0.1, -0.05) is 18.2 Å². The fraction of sp³-hybridized carbons (Fsp3) is 0.267. The SMILES string of the molecule is CC(C)(CNC(=O)c1ccn(-c2ccccc2)n1)C(=O)O. The molecule has 0 atom stereocenters. The molecule has 110 valence electrons. The van der Waals surface area contributed by atoms with Crippen LogP contribution in [0.3, 0.4) is 0 Å². The van der Waals surface area contributed by atoms with Gasteiger partial charge in [-0.3, -0.25) is 9.59 Å². The third-order valence-corrected chi connectivity index (χ3v) is 3.11. The number of nitrogens with zero attached hydrogens (tertiary/aromatic N) is 2. The number of carboxylic acids is 1. The minimum atomic E-state index is -1.02. The molecule has 1 amide bonds. The van der Waals surface area contributed by atoms with Crippen LogP contribution in [0.25, 0.3) is 5.69 Å². The minimum absolute atomic E-state index is 0.0410. The van der Waals surface area contributed by atoms with Crippen LogP contribution in [0.1, 0.15) is 24.3 Å². The van der Waals surface area contributed by atoms with Gasteiger partial charge in [0.15, 0.2) is 5.69 Å². The zero-order valence-electron chi connectivity index (χ0n) is 11.9. The lowest BCUT2D eigenvalue weighted by atomic mass is 9.94. The molecule has 6 heteroatoms. The molecule has 0 saturated carbocycles. The van der Waals surface area contributed by atoms with Crippen LogP contribution in [-0.2, 0) is 4.79 Å². The van der Waals surface area contributed by atoms with Crippen molar-refractivity contribution in [3.8, 4) is 5.69 Å². The van der Waals surface area contributed by atoms with Gasteiger partial charge in [-0.2, -0.15) is 5.10 Å². The molecule has 0 aliphatic rings. The summed E-state index contributed by atoms with van der Waals surface area (Å²) in [4.78, 5) is 23.0. The van der Waals surface area contributed by atoms with Gasteiger partial charge in [0.1, 0.15) is 0 Å². The van der Waals surface area contributed by atoms with Crippen molar-refractivity contribution >= 4 is 11.9 Å². The number of carboxylic acid groups (broad SMARTS) is 1. The number of carbonyl (C=O) groups is 2. The molecule has 6 nitrogen and oxygen atoms in total. The highest BCUT2D eigenvalue weighted by molar-refractivity contribution is 5.92. The molecule has 2 rings (SSSR count). The second kappa shape index (κ2) is 5.78. The lowest BCUT2D eigenvalue weighted by molar-refractivity contribution is -0.146. The van der Waals surface area contributed by atoms with E-state index >= 15 is 0 Å². The van der Waals surface area contributed by atoms with Gasteiger partial charge in [0.05, 0.1) is 11.1 Å². The van der Waals surface area contributed by atoms with Gasteiger partial charge < -0.3 is 10.4 Å². The van der Waals surface area contributed by atoms with Gasteiger partial charge in [-0.15, -0.1) is 0 Å². The third-order valence-electron chi connectivity index (χ3n) is 3.11. The van der Waals surface area contributed by atoms with Crippen molar-refractivity contribution in [2.45, 2.75) is 13.8 Å². The molecule has 1 heterocycles. The summed E-state index contributed by atoms with van der Waals surface area (Å²) in [5.74, 6) is -1.35. The summed E-state index contributed by atoms with van der Waals surface area (Å²) in [7, 11) is 0. The number of amides is 1. The summed E-state index contributed by atoms with van der Waals surface area (Å²) in [5, 5.41) is 15.8. The first-order valence-corrected chi connectivity index (χ1v) is 6.53. The smallest absolute Gasteiger partial charge is 0.310 e. The predicted octanol–water partition coefficient (Wildman–Crippen LogP) is 1.71. The molecule has 2 N–H and O–H groups in total. The second-order valence-corrected chi connectivity index (χ2v) is 5.35. The van der Waals surface area contributed by atoms with Gasteiger partial charge >= 0.3 is 5.97 Å². The van der Waals surface area contributed by atoms with E-state index < -0.39 is 11.4 Å². The van der Waals surface area contributed by atoms with E-state index in [1.165, 1.54) is 0 Å². The van der Waals surface area contributed by atoms with Crippen LogP contribution < -0.4 is 5.32 Å². The molecular formula is C15H17N3O3. The first kappa shape index (κ1) is 14.8. The monoisotopic (exact) mass is 287 g/mol. The number of benzene rings is 1. The van der Waals surface area contributed by atoms with Crippen molar-refractivity contribution in [1.82, 2.24) is 15.1 Å². The Hall–Kier alpha value is -2.63. The largest absolute Gasteiger partial charge is 0.481 e. The number of para-hydroxylation sites is 1. The van der Waals surface area contributed by atoms with Crippen molar-refractivity contribution in [2.75, 3.05) is 6.54 Å². The number of aliphatic carboxylic acids is 1. The summed E-state index contributed by atoms with van der Waals surface area (Å²) < 4.78 is 1.59. The van der Waals surface area contributed by atoms with E-state index in [0.717, 1.165) is 5.69 Å². The van der Waals surface area contributed by atoms with E-state index in [1.807, 2.05) is 30.3 Å². The van der Waals surface area contributed by atoms with Crippen molar-refractivity contribution in [1.29, 1.82) is 0 Å². The topological polar surface area (TPSA) is 84.2 Å².